The molecule has 3 amide bonds. The second-order valence-electron chi connectivity index (χ2n) is 9.39. The van der Waals surface area contributed by atoms with Gasteiger partial charge in [0.15, 0.2) is 10.9 Å². The van der Waals surface area contributed by atoms with E-state index in [-0.39, 0.29) is 42.0 Å². The maximum absolute atomic E-state index is 15.0. The van der Waals surface area contributed by atoms with Gasteiger partial charge in [-0.15, -0.1) is 0 Å². The normalized spacial score (nSPS) is 13.7. The summed E-state index contributed by atoms with van der Waals surface area (Å²) in [5.74, 6) is -1.58. The maximum Gasteiger partial charge on any atom is 0.328 e. The summed E-state index contributed by atoms with van der Waals surface area (Å²) in [6, 6.07) is 9.51. The highest BCUT2D eigenvalue weighted by Gasteiger charge is 2.25. The molecule has 5 rings (SSSR count). The number of nitrogens with zero attached hydrogens (tertiary/aromatic N) is 5. The van der Waals surface area contributed by atoms with Gasteiger partial charge in [0.25, 0.3) is 0 Å². The summed E-state index contributed by atoms with van der Waals surface area (Å²) in [5.41, 5.74) is 1.48. The van der Waals surface area contributed by atoms with Crippen molar-refractivity contribution >= 4 is 55.8 Å². The highest BCUT2D eigenvalue weighted by Crippen LogP contribution is 2.36. The molecule has 0 aliphatic carbocycles. The minimum Gasteiger partial charge on any atom is -0.347 e. The number of aromatic nitrogens is 3. The van der Waals surface area contributed by atoms with Crippen molar-refractivity contribution in [1.82, 2.24) is 20.3 Å². The number of nitrogens with two attached hydrogens (primary N) is 1. The zero-order valence-electron chi connectivity index (χ0n) is 22.3. The summed E-state index contributed by atoms with van der Waals surface area (Å²) in [7, 11) is -2.22. The van der Waals surface area contributed by atoms with Crippen LogP contribution < -0.4 is 25.6 Å². The summed E-state index contributed by atoms with van der Waals surface area (Å²) in [6.07, 6.45) is 1.12. The first-order valence-corrected chi connectivity index (χ1v) is 14.8. The van der Waals surface area contributed by atoms with Crippen LogP contribution in [0.1, 0.15) is 17.7 Å². The Kier molecular flexibility index (Phi) is 7.85. The van der Waals surface area contributed by atoms with Gasteiger partial charge in [-0.05, 0) is 37.3 Å². The first-order valence-electron chi connectivity index (χ1n) is 12.4. The van der Waals surface area contributed by atoms with Crippen molar-refractivity contribution in [2.75, 3.05) is 28.7 Å². The van der Waals surface area contributed by atoms with E-state index in [1.807, 2.05) is 0 Å². The van der Waals surface area contributed by atoms with E-state index in [4.69, 9.17) is 5.14 Å². The van der Waals surface area contributed by atoms with Crippen molar-refractivity contribution in [3.8, 4) is 10.6 Å². The third-order valence-corrected chi connectivity index (χ3v) is 8.49. The third kappa shape index (κ3) is 6.19. The van der Waals surface area contributed by atoms with Crippen molar-refractivity contribution in [1.29, 1.82) is 0 Å². The first kappa shape index (κ1) is 29.0. The fraction of sp³-hybridized carbons (Fsp3) is 0.192. The maximum atomic E-state index is 15.0. The predicted octanol–water partition coefficient (Wildman–Crippen LogP) is 3.66. The van der Waals surface area contributed by atoms with E-state index >= 15 is 4.39 Å². The Morgan fingerprint density at radius 1 is 1.14 bits per heavy atom. The Morgan fingerprint density at radius 2 is 1.93 bits per heavy atom. The van der Waals surface area contributed by atoms with Crippen LogP contribution in [0.3, 0.4) is 0 Å². The van der Waals surface area contributed by atoms with Crippen molar-refractivity contribution in [3.05, 3.63) is 71.6 Å². The van der Waals surface area contributed by atoms with Crippen LogP contribution in [0.2, 0.25) is 0 Å². The van der Waals surface area contributed by atoms with E-state index in [2.05, 4.69) is 25.6 Å². The number of nitrogens with one attached hydrogen (secondary N) is 2. The lowest BCUT2D eigenvalue weighted by Gasteiger charge is -2.27. The Labute approximate surface area is 243 Å². The lowest BCUT2D eigenvalue weighted by atomic mass is 10.1. The van der Waals surface area contributed by atoms with Crippen LogP contribution in [0.15, 0.2) is 53.6 Å². The van der Waals surface area contributed by atoms with E-state index in [1.165, 1.54) is 29.2 Å². The van der Waals surface area contributed by atoms with Crippen LogP contribution in [-0.2, 0) is 21.4 Å². The van der Waals surface area contributed by atoms with E-state index in [9.17, 15) is 22.4 Å². The van der Waals surface area contributed by atoms with Gasteiger partial charge in [-0.3, -0.25) is 15.0 Å². The molecule has 0 saturated carbocycles. The van der Waals surface area contributed by atoms with Crippen molar-refractivity contribution in [2.45, 2.75) is 24.8 Å². The Morgan fingerprint density at radius 3 is 2.64 bits per heavy atom. The van der Waals surface area contributed by atoms with Crippen molar-refractivity contribution < 1.29 is 26.8 Å². The number of amides is 3. The molecule has 2 aromatic carbocycles. The van der Waals surface area contributed by atoms with Gasteiger partial charge < -0.3 is 10.2 Å². The van der Waals surface area contributed by atoms with Crippen LogP contribution in [0.5, 0.6) is 0 Å². The molecular formula is C26H24F2N8O4S2. The van der Waals surface area contributed by atoms with E-state index < -0.39 is 27.7 Å². The third-order valence-electron chi connectivity index (χ3n) is 6.30. The number of anilines is 4. The van der Waals surface area contributed by atoms with Crippen LogP contribution >= 0.6 is 11.3 Å². The van der Waals surface area contributed by atoms with Gasteiger partial charge in [0.2, 0.25) is 21.9 Å². The molecule has 0 bridgehead atoms. The summed E-state index contributed by atoms with van der Waals surface area (Å²) >= 11 is 1.15. The van der Waals surface area contributed by atoms with Crippen LogP contribution in [-0.4, -0.2) is 48.9 Å². The fourth-order valence-corrected chi connectivity index (χ4v) is 5.78. The number of imide groups is 1. The standard InChI is InChI=1S/C26H24F2N8O4S2/c1-14-23(22-20(28)12-30-24(34-22)32-16-4-3-5-18(10-16)42(29,39)40)41-26(31-14)35(2)13-15-6-7-17(11-19(15)27)36-9-8-21(37)33-25(36)38/h3-7,10-12H,8-9,13H2,1-2H3,(H2,29,39,40)(H,30,32,34)(H,33,37,38). The summed E-state index contributed by atoms with van der Waals surface area (Å²) in [4.78, 5) is 39.5. The minimum atomic E-state index is -3.93. The number of carbonyl (C=O) groups is 2. The lowest BCUT2D eigenvalue weighted by Crippen LogP contribution is -2.49. The topological polar surface area (TPSA) is 164 Å². The molecule has 4 aromatic rings. The number of hydrogen-bond acceptors (Lipinski definition) is 10. The monoisotopic (exact) mass is 614 g/mol. The molecule has 12 nitrogen and oxygen atoms in total. The van der Waals surface area contributed by atoms with Crippen molar-refractivity contribution in [2.24, 2.45) is 5.14 Å². The van der Waals surface area contributed by atoms with E-state index in [1.54, 1.807) is 37.1 Å². The Hall–Kier alpha value is -4.54. The molecule has 42 heavy (non-hydrogen) atoms. The molecule has 2 aromatic heterocycles. The van der Waals surface area contributed by atoms with Crippen molar-refractivity contribution in [3.63, 3.8) is 0 Å². The molecule has 1 saturated heterocycles. The average molecular weight is 615 g/mol. The summed E-state index contributed by atoms with van der Waals surface area (Å²) < 4.78 is 53.2. The van der Waals surface area contributed by atoms with Gasteiger partial charge in [-0.1, -0.05) is 23.5 Å². The van der Waals surface area contributed by atoms with Gasteiger partial charge in [0.05, 0.1) is 21.7 Å². The number of halogens is 2. The number of urea groups is 1. The quantitative estimate of drug-likeness (QED) is 0.269. The second-order valence-corrected chi connectivity index (χ2v) is 11.9. The largest absolute Gasteiger partial charge is 0.347 e. The van der Waals surface area contributed by atoms with Gasteiger partial charge >= 0.3 is 6.03 Å². The van der Waals surface area contributed by atoms with Gasteiger partial charge in [-0.25, -0.2) is 42.1 Å². The molecular weight excluding hydrogens is 590 g/mol. The Balaban J connectivity index is 1.34. The molecule has 0 atom stereocenters. The number of hydrogen-bond donors (Lipinski definition) is 3. The average Bonchev–Trinajstić information content (AvgIpc) is 3.32. The summed E-state index contributed by atoms with van der Waals surface area (Å²) in [5, 5.41) is 10.7. The minimum absolute atomic E-state index is 0.0152. The molecule has 1 aliphatic rings. The molecule has 3 heterocycles. The molecule has 1 fully saturated rings. The predicted molar refractivity (Wildman–Crippen MR) is 153 cm³/mol. The van der Waals surface area contributed by atoms with Gasteiger partial charge in [0, 0.05) is 43.5 Å². The zero-order valence-corrected chi connectivity index (χ0v) is 23.9. The number of aryl methyl sites for hydroxylation is 1. The highest BCUT2D eigenvalue weighted by molar-refractivity contribution is 7.89. The number of carbonyl (C=O) groups excluding carboxylic acids is 2. The number of benzene rings is 2. The highest BCUT2D eigenvalue weighted by atomic mass is 32.2. The molecule has 0 spiro atoms. The first-order chi connectivity index (χ1) is 19.9. The van der Waals surface area contributed by atoms with Crippen LogP contribution in [0, 0.1) is 18.6 Å². The molecule has 16 heteroatoms. The van der Waals surface area contributed by atoms with E-state index in [0.717, 1.165) is 17.5 Å². The number of primary sulfonamides is 1. The zero-order chi connectivity index (χ0) is 30.2. The van der Waals surface area contributed by atoms with E-state index in [0.29, 0.717) is 32.6 Å². The fourth-order valence-electron chi connectivity index (χ4n) is 4.20. The summed E-state index contributed by atoms with van der Waals surface area (Å²) in [6.45, 7) is 1.98. The lowest BCUT2D eigenvalue weighted by molar-refractivity contribution is -0.120. The van der Waals surface area contributed by atoms with Gasteiger partial charge in [-0.2, -0.15) is 0 Å². The number of rotatable bonds is 8. The molecule has 1 aliphatic heterocycles. The van der Waals surface area contributed by atoms with Crippen LogP contribution in [0.25, 0.3) is 10.6 Å². The SMILES string of the molecule is Cc1nc(N(C)Cc2ccc(N3CCC(=O)NC3=O)cc2F)sc1-c1nc(Nc2cccc(S(N)(=O)=O)c2)ncc1F. The molecule has 0 radical (unpaired) electrons. The van der Waals surface area contributed by atoms with Gasteiger partial charge in [0.1, 0.15) is 11.5 Å². The Bertz CT molecular complexity index is 1820. The molecule has 218 valence electrons. The molecule has 4 N–H and O–H groups in total. The van der Waals surface area contributed by atoms with Crippen LogP contribution in [0.4, 0.5) is 36.0 Å². The smallest absolute Gasteiger partial charge is 0.328 e. The molecule has 0 unspecified atom stereocenters. The second kappa shape index (κ2) is 11.4. The number of thiazole rings is 1. The number of sulfonamides is 1.